The number of ether oxygens (including phenoxy) is 2. The highest BCUT2D eigenvalue weighted by Gasteiger charge is 2.39. The molecule has 0 N–H and O–H groups in total. The van der Waals surface area contributed by atoms with Crippen LogP contribution in [0, 0.1) is 5.82 Å². The molecule has 0 unspecified atom stereocenters. The molecule has 0 radical (unpaired) electrons. The van der Waals surface area contributed by atoms with Gasteiger partial charge in [0, 0.05) is 23.0 Å². The summed E-state index contributed by atoms with van der Waals surface area (Å²) in [5.41, 5.74) is 0.470. The third kappa shape index (κ3) is 5.04. The van der Waals surface area contributed by atoms with Crippen LogP contribution < -0.4 is 0 Å². The molecular formula is C18H21BrFNO4. The Bertz CT molecular complexity index is 712. The van der Waals surface area contributed by atoms with Crippen molar-refractivity contribution in [1.29, 1.82) is 0 Å². The first-order valence-electron chi connectivity index (χ1n) is 7.82. The van der Waals surface area contributed by atoms with Gasteiger partial charge in [0.15, 0.2) is 0 Å². The average molecular weight is 414 g/mol. The Morgan fingerprint density at radius 3 is 2.60 bits per heavy atom. The van der Waals surface area contributed by atoms with Gasteiger partial charge in [-0.25, -0.2) is 14.0 Å². The number of rotatable bonds is 2. The van der Waals surface area contributed by atoms with Gasteiger partial charge in [0.05, 0.1) is 7.11 Å². The van der Waals surface area contributed by atoms with Crippen molar-refractivity contribution < 1.29 is 23.5 Å². The Hall–Kier alpha value is -1.89. The molecule has 1 amide bonds. The zero-order valence-corrected chi connectivity index (χ0v) is 16.2. The van der Waals surface area contributed by atoms with Crippen LogP contribution in [0.1, 0.15) is 32.8 Å². The first-order valence-corrected chi connectivity index (χ1v) is 8.62. The number of nitrogens with zero attached hydrogens (tertiary/aromatic N) is 1. The molecule has 1 saturated heterocycles. The summed E-state index contributed by atoms with van der Waals surface area (Å²) < 4.78 is 24.8. The Balaban J connectivity index is 2.27. The molecule has 0 aromatic heterocycles. The molecule has 1 aromatic carbocycles. The predicted molar refractivity (Wildman–Crippen MR) is 95.4 cm³/mol. The van der Waals surface area contributed by atoms with Crippen LogP contribution in [-0.2, 0) is 14.3 Å². The number of hydrogen-bond donors (Lipinski definition) is 0. The number of hydrogen-bond acceptors (Lipinski definition) is 4. The molecule has 1 fully saturated rings. The third-order valence-electron chi connectivity index (χ3n) is 3.63. The lowest BCUT2D eigenvalue weighted by Gasteiger charge is -2.27. The summed E-state index contributed by atoms with van der Waals surface area (Å²) in [7, 11) is 1.27. The second kappa shape index (κ2) is 7.56. The first kappa shape index (κ1) is 19.4. The summed E-state index contributed by atoms with van der Waals surface area (Å²) in [4.78, 5) is 25.7. The molecule has 5 nitrogen and oxygen atoms in total. The van der Waals surface area contributed by atoms with Crippen molar-refractivity contribution in [2.75, 3.05) is 13.7 Å². The predicted octanol–water partition coefficient (Wildman–Crippen LogP) is 4.15. The number of esters is 1. The number of likely N-dealkylation sites (tertiary alicyclic amines) is 1. The van der Waals surface area contributed by atoms with E-state index in [4.69, 9.17) is 9.47 Å². The van der Waals surface area contributed by atoms with Gasteiger partial charge in [0.25, 0.3) is 0 Å². The Morgan fingerprint density at radius 2 is 2.04 bits per heavy atom. The zero-order chi connectivity index (χ0) is 18.8. The number of halogens is 2. The van der Waals surface area contributed by atoms with Crippen LogP contribution in [0.2, 0.25) is 0 Å². The summed E-state index contributed by atoms with van der Waals surface area (Å²) in [5.74, 6) is -0.905. The van der Waals surface area contributed by atoms with Gasteiger partial charge >= 0.3 is 12.1 Å². The van der Waals surface area contributed by atoms with Crippen LogP contribution in [0.25, 0.3) is 6.08 Å². The van der Waals surface area contributed by atoms with Crippen LogP contribution in [0.3, 0.4) is 0 Å². The lowest BCUT2D eigenvalue weighted by molar-refractivity contribution is -0.145. The van der Waals surface area contributed by atoms with Crippen molar-refractivity contribution in [1.82, 2.24) is 4.90 Å². The Morgan fingerprint density at radius 1 is 1.36 bits per heavy atom. The second-order valence-corrected chi connectivity index (χ2v) is 7.74. The van der Waals surface area contributed by atoms with Gasteiger partial charge in [0.2, 0.25) is 0 Å². The molecule has 1 heterocycles. The lowest BCUT2D eigenvalue weighted by Crippen LogP contribution is -2.43. The van der Waals surface area contributed by atoms with Gasteiger partial charge in [-0.05, 0) is 38.5 Å². The highest BCUT2D eigenvalue weighted by molar-refractivity contribution is 9.10. The van der Waals surface area contributed by atoms with Crippen molar-refractivity contribution in [2.24, 2.45) is 0 Å². The van der Waals surface area contributed by atoms with Gasteiger partial charge in [0.1, 0.15) is 17.5 Å². The minimum Gasteiger partial charge on any atom is -0.467 e. The van der Waals surface area contributed by atoms with E-state index in [0.717, 1.165) is 5.57 Å². The molecule has 2 rings (SSSR count). The van der Waals surface area contributed by atoms with Crippen molar-refractivity contribution in [3.8, 4) is 0 Å². The standard InChI is InChI=1S/C18H21BrFNO4/c1-18(2,3)25-17(23)21-10-11(8-15(21)16(22)24-4)7-12-5-6-13(19)9-14(12)20/h5-7,9,15H,8,10H2,1-4H3/t15-/m0/s1. The summed E-state index contributed by atoms with van der Waals surface area (Å²) in [6.45, 7) is 5.44. The molecule has 1 aliphatic rings. The number of carbonyl (C=O) groups excluding carboxylic acids is 2. The summed E-state index contributed by atoms with van der Waals surface area (Å²) in [6, 6.07) is 3.96. The van der Waals surface area contributed by atoms with E-state index in [1.807, 2.05) is 0 Å². The van der Waals surface area contributed by atoms with Gasteiger partial charge in [-0.2, -0.15) is 0 Å². The van der Waals surface area contributed by atoms with Crippen LogP contribution in [-0.4, -0.2) is 42.3 Å². The maximum Gasteiger partial charge on any atom is 0.411 e. The smallest absolute Gasteiger partial charge is 0.411 e. The Labute approximate surface area is 154 Å². The number of methoxy groups -OCH3 is 1. The second-order valence-electron chi connectivity index (χ2n) is 6.82. The van der Waals surface area contributed by atoms with E-state index in [9.17, 15) is 14.0 Å². The SMILES string of the molecule is COC(=O)[C@@H]1CC(=Cc2ccc(Br)cc2F)CN1C(=O)OC(C)(C)C. The number of carbonyl (C=O) groups is 2. The van der Waals surface area contributed by atoms with Crippen LogP contribution in [0.5, 0.6) is 0 Å². The highest BCUT2D eigenvalue weighted by Crippen LogP contribution is 2.28. The van der Waals surface area contributed by atoms with Gasteiger partial charge < -0.3 is 9.47 Å². The fourth-order valence-corrected chi connectivity index (χ4v) is 2.89. The van der Waals surface area contributed by atoms with E-state index in [1.54, 1.807) is 39.0 Å². The van der Waals surface area contributed by atoms with Gasteiger partial charge in [-0.3, -0.25) is 4.90 Å². The van der Waals surface area contributed by atoms with Crippen LogP contribution >= 0.6 is 15.9 Å². The van der Waals surface area contributed by atoms with E-state index in [2.05, 4.69) is 15.9 Å². The van der Waals surface area contributed by atoms with Crippen molar-refractivity contribution in [3.63, 3.8) is 0 Å². The Kier molecular flexibility index (Phi) is 5.87. The first-order chi connectivity index (χ1) is 11.6. The maximum atomic E-state index is 14.0. The highest BCUT2D eigenvalue weighted by atomic mass is 79.9. The normalized spacial score (nSPS) is 19.2. The minimum absolute atomic E-state index is 0.185. The minimum atomic E-state index is -0.774. The molecule has 1 atom stereocenters. The van der Waals surface area contributed by atoms with Gasteiger partial charge in [-0.1, -0.05) is 28.1 Å². The summed E-state index contributed by atoms with van der Waals surface area (Å²) in [6.07, 6.45) is 1.34. The van der Waals surface area contributed by atoms with Crippen molar-refractivity contribution >= 4 is 34.1 Å². The fraction of sp³-hybridized carbons (Fsp3) is 0.444. The van der Waals surface area contributed by atoms with E-state index in [0.29, 0.717) is 10.0 Å². The van der Waals surface area contributed by atoms with E-state index >= 15 is 0 Å². The number of amides is 1. The third-order valence-corrected chi connectivity index (χ3v) is 4.12. The molecule has 136 valence electrons. The number of benzene rings is 1. The quantitative estimate of drug-likeness (QED) is 0.683. The van der Waals surface area contributed by atoms with Gasteiger partial charge in [-0.15, -0.1) is 0 Å². The molecular weight excluding hydrogens is 393 g/mol. The topological polar surface area (TPSA) is 55.8 Å². The lowest BCUT2D eigenvalue weighted by atomic mass is 10.1. The monoisotopic (exact) mass is 413 g/mol. The van der Waals surface area contributed by atoms with Crippen LogP contribution in [0.15, 0.2) is 28.2 Å². The molecule has 0 saturated carbocycles. The van der Waals surface area contributed by atoms with E-state index < -0.39 is 23.7 Å². The maximum absolute atomic E-state index is 14.0. The summed E-state index contributed by atoms with van der Waals surface area (Å²) >= 11 is 3.21. The zero-order valence-electron chi connectivity index (χ0n) is 14.6. The average Bonchev–Trinajstić information content (AvgIpc) is 2.92. The molecule has 0 spiro atoms. The fourth-order valence-electron chi connectivity index (χ4n) is 2.55. The molecule has 1 aliphatic heterocycles. The summed E-state index contributed by atoms with van der Waals surface area (Å²) in [5, 5.41) is 0. The van der Waals surface area contributed by atoms with E-state index in [-0.39, 0.29) is 18.8 Å². The van der Waals surface area contributed by atoms with Crippen molar-refractivity contribution in [2.45, 2.75) is 38.8 Å². The molecule has 7 heteroatoms. The molecule has 0 bridgehead atoms. The largest absolute Gasteiger partial charge is 0.467 e. The molecule has 0 aliphatic carbocycles. The van der Waals surface area contributed by atoms with E-state index in [1.165, 1.54) is 18.1 Å². The molecule has 1 aromatic rings. The molecule has 25 heavy (non-hydrogen) atoms. The van der Waals surface area contributed by atoms with Crippen LogP contribution in [0.4, 0.5) is 9.18 Å². The van der Waals surface area contributed by atoms with Crippen molar-refractivity contribution in [3.05, 3.63) is 39.6 Å².